The summed E-state index contributed by atoms with van der Waals surface area (Å²) in [4.78, 5) is 12.5. The van der Waals surface area contributed by atoms with Crippen molar-refractivity contribution in [3.8, 4) is 5.88 Å². The van der Waals surface area contributed by atoms with Crippen LogP contribution in [0.4, 0.5) is 5.95 Å². The summed E-state index contributed by atoms with van der Waals surface area (Å²) in [5, 5.41) is 12.9. The highest BCUT2D eigenvalue weighted by atomic mass is 31.2. The lowest BCUT2D eigenvalue weighted by molar-refractivity contribution is -0.109. The molecule has 1 aromatic carbocycles. The summed E-state index contributed by atoms with van der Waals surface area (Å²) in [6.07, 6.45) is 0.224. The van der Waals surface area contributed by atoms with E-state index in [1.807, 2.05) is 30.3 Å². The maximum Gasteiger partial charge on any atom is 0.295 e. The molecular weight excluding hydrogens is 463 g/mol. The van der Waals surface area contributed by atoms with Crippen molar-refractivity contribution in [2.75, 3.05) is 32.4 Å². The van der Waals surface area contributed by atoms with Gasteiger partial charge in [-0.1, -0.05) is 30.3 Å². The predicted octanol–water partition coefficient (Wildman–Crippen LogP) is 2.13. The Labute approximate surface area is 197 Å². The summed E-state index contributed by atoms with van der Waals surface area (Å²) in [6, 6.07) is 8.73. The van der Waals surface area contributed by atoms with Crippen molar-refractivity contribution in [2.45, 2.75) is 39.3 Å². The molecule has 0 aliphatic carbocycles. The fraction of sp³-hybridized carbons (Fsp3) is 0.476. The Kier molecular flexibility index (Phi) is 9.34. The third kappa shape index (κ3) is 6.95. The van der Waals surface area contributed by atoms with Gasteiger partial charge in [-0.05, 0) is 19.4 Å². The highest BCUT2D eigenvalue weighted by Crippen LogP contribution is 2.44. The van der Waals surface area contributed by atoms with Crippen molar-refractivity contribution in [3.05, 3.63) is 42.2 Å². The Morgan fingerprint density at radius 1 is 1.26 bits per heavy atom. The minimum atomic E-state index is -3.50. The number of aliphatic hydroxyl groups is 1. The van der Waals surface area contributed by atoms with Gasteiger partial charge >= 0.3 is 0 Å². The number of nitrogen functional groups attached to an aromatic ring is 1. The molecule has 0 fully saturated rings. The molecule has 0 amide bonds. The van der Waals surface area contributed by atoms with Crippen LogP contribution in [0.25, 0.3) is 11.2 Å². The highest BCUT2D eigenvalue weighted by molar-refractivity contribution is 7.56. The second-order valence-corrected chi connectivity index (χ2v) is 9.56. The number of nitrogens with one attached hydrogen (secondary N) is 1. The molecule has 186 valence electrons. The summed E-state index contributed by atoms with van der Waals surface area (Å²) in [7, 11) is -2.02. The Bertz CT molecular complexity index is 1100. The third-order valence-corrected chi connectivity index (χ3v) is 6.70. The first kappa shape index (κ1) is 26.0. The van der Waals surface area contributed by atoms with Crippen molar-refractivity contribution in [2.24, 2.45) is 0 Å². The van der Waals surface area contributed by atoms with Gasteiger partial charge in [0.1, 0.15) is 6.35 Å². The van der Waals surface area contributed by atoms with Crippen LogP contribution in [-0.4, -0.2) is 63.6 Å². The Balaban J connectivity index is 1.63. The predicted molar refractivity (Wildman–Crippen MR) is 126 cm³/mol. The molecule has 0 aliphatic heterocycles. The summed E-state index contributed by atoms with van der Waals surface area (Å²) in [5.41, 5.74) is 7.59. The van der Waals surface area contributed by atoms with Gasteiger partial charge in [0.15, 0.2) is 17.5 Å². The number of nitrogens with zero attached hydrogens (tertiary/aromatic N) is 4. The van der Waals surface area contributed by atoms with Crippen molar-refractivity contribution in [3.63, 3.8) is 0 Å². The lowest BCUT2D eigenvalue weighted by Crippen LogP contribution is -2.38. The topological polar surface area (TPSA) is 156 Å². The molecular formula is C21H31N6O6P. The number of nitrogens with two attached hydrogens (primary N) is 1. The van der Waals surface area contributed by atoms with Crippen LogP contribution in [0.5, 0.6) is 5.88 Å². The Hall–Kier alpha value is -2.60. The van der Waals surface area contributed by atoms with Gasteiger partial charge in [-0.25, -0.2) is 10.1 Å². The number of fused-ring (bicyclic) bond motifs is 1. The molecule has 34 heavy (non-hydrogen) atoms. The van der Waals surface area contributed by atoms with E-state index in [2.05, 4.69) is 20.0 Å². The number of benzene rings is 1. The van der Waals surface area contributed by atoms with Crippen molar-refractivity contribution in [1.29, 1.82) is 0 Å². The van der Waals surface area contributed by atoms with E-state index in [0.717, 1.165) is 5.56 Å². The van der Waals surface area contributed by atoms with E-state index in [-0.39, 0.29) is 31.4 Å². The van der Waals surface area contributed by atoms with Gasteiger partial charge < -0.3 is 34.1 Å². The quantitative estimate of drug-likeness (QED) is 0.171. The molecule has 12 nitrogen and oxygen atoms in total. The molecule has 3 aromatic rings. The largest absolute Gasteiger partial charge is 0.479 e. The zero-order chi connectivity index (χ0) is 24.6. The first-order chi connectivity index (χ1) is 16.3. The molecule has 0 radical (unpaired) electrons. The molecule has 2 unspecified atom stereocenters. The van der Waals surface area contributed by atoms with Crippen LogP contribution < -0.4 is 15.6 Å². The van der Waals surface area contributed by atoms with E-state index in [0.29, 0.717) is 24.3 Å². The van der Waals surface area contributed by atoms with Crippen molar-refractivity contribution >= 4 is 24.6 Å². The number of anilines is 1. The van der Waals surface area contributed by atoms with E-state index in [1.54, 1.807) is 24.7 Å². The molecule has 13 heteroatoms. The maximum atomic E-state index is 13.5. The molecule has 0 saturated heterocycles. The smallest absolute Gasteiger partial charge is 0.295 e. The van der Waals surface area contributed by atoms with Crippen molar-refractivity contribution in [1.82, 2.24) is 24.6 Å². The number of hydrogen-bond acceptors (Lipinski definition) is 10. The van der Waals surface area contributed by atoms with Gasteiger partial charge in [0, 0.05) is 13.2 Å². The van der Waals surface area contributed by atoms with E-state index in [9.17, 15) is 9.67 Å². The van der Waals surface area contributed by atoms with E-state index in [1.165, 1.54) is 7.11 Å². The number of imidazole rings is 1. The SMILES string of the molecule is CCOC(O)[C@H](C)NP(=O)(COCCn1cnc2c(OC)nc(N)nc21)OCc1ccccc1. The van der Waals surface area contributed by atoms with Gasteiger partial charge in [0.2, 0.25) is 11.8 Å². The van der Waals surface area contributed by atoms with Gasteiger partial charge in [0.05, 0.1) is 32.7 Å². The first-order valence-electron chi connectivity index (χ1n) is 10.8. The van der Waals surface area contributed by atoms with E-state index < -0.39 is 19.9 Å². The number of aliphatic hydroxyl groups excluding tert-OH is 1. The van der Waals surface area contributed by atoms with Crippen LogP contribution in [0.1, 0.15) is 19.4 Å². The molecule has 4 N–H and O–H groups in total. The first-order valence-corrected chi connectivity index (χ1v) is 12.6. The fourth-order valence-electron chi connectivity index (χ4n) is 3.14. The number of ether oxygens (including phenoxy) is 3. The van der Waals surface area contributed by atoms with Crippen LogP contribution in [0.15, 0.2) is 36.7 Å². The van der Waals surface area contributed by atoms with E-state index >= 15 is 0 Å². The molecule has 0 bridgehead atoms. The molecule has 0 spiro atoms. The van der Waals surface area contributed by atoms with E-state index in [4.69, 9.17) is 24.5 Å². The zero-order valence-corrected chi connectivity index (χ0v) is 20.4. The van der Waals surface area contributed by atoms with Crippen LogP contribution >= 0.6 is 7.52 Å². The monoisotopic (exact) mass is 494 g/mol. The zero-order valence-electron chi connectivity index (χ0n) is 19.5. The summed E-state index contributed by atoms with van der Waals surface area (Å²) >= 11 is 0. The second-order valence-electron chi connectivity index (χ2n) is 7.43. The average molecular weight is 494 g/mol. The minimum Gasteiger partial charge on any atom is -0.479 e. The molecule has 3 rings (SSSR count). The fourth-order valence-corrected chi connectivity index (χ4v) is 4.84. The number of rotatable bonds is 14. The molecule has 0 aliphatic rings. The molecule has 2 heterocycles. The van der Waals surface area contributed by atoms with Gasteiger partial charge in [-0.2, -0.15) is 9.97 Å². The van der Waals surface area contributed by atoms with Crippen LogP contribution in [-0.2, 0) is 31.7 Å². The molecule has 0 saturated carbocycles. The second kappa shape index (κ2) is 12.2. The lowest BCUT2D eigenvalue weighted by Gasteiger charge is -2.26. The number of hydrogen-bond donors (Lipinski definition) is 3. The summed E-state index contributed by atoms with van der Waals surface area (Å²) in [5.74, 6) is 0.351. The standard InChI is InChI=1S/C21H31N6O6P/c1-4-32-20(28)15(2)26-34(29,33-12-16-8-6-5-7-9-16)14-31-11-10-27-13-23-17-18(27)24-21(22)25-19(17)30-3/h5-9,13,15,20,28H,4,10-12,14H2,1-3H3,(H,26,29)(H2,22,24,25)/t15-,20?,34?/m0/s1. The normalized spacial score (nSPS) is 15.2. The highest BCUT2D eigenvalue weighted by Gasteiger charge is 2.29. The van der Waals surface area contributed by atoms with Crippen molar-refractivity contribution < 1.29 is 28.4 Å². The van der Waals surface area contributed by atoms with Gasteiger partial charge in [0.25, 0.3) is 7.52 Å². The maximum absolute atomic E-state index is 13.5. The molecule has 3 atom stereocenters. The third-order valence-electron chi connectivity index (χ3n) is 4.83. The van der Waals surface area contributed by atoms with Crippen LogP contribution in [0.3, 0.4) is 0 Å². The summed E-state index contributed by atoms with van der Waals surface area (Å²) < 4.78 is 37.1. The Morgan fingerprint density at radius 2 is 2.03 bits per heavy atom. The van der Waals surface area contributed by atoms with Crippen LogP contribution in [0.2, 0.25) is 0 Å². The van der Waals surface area contributed by atoms with Gasteiger partial charge in [-0.3, -0.25) is 4.57 Å². The average Bonchev–Trinajstić information content (AvgIpc) is 3.23. The molecule has 2 aromatic heterocycles. The number of methoxy groups -OCH3 is 1. The Morgan fingerprint density at radius 3 is 2.74 bits per heavy atom. The minimum absolute atomic E-state index is 0.0666. The van der Waals surface area contributed by atoms with Crippen LogP contribution in [0, 0.1) is 0 Å². The lowest BCUT2D eigenvalue weighted by atomic mass is 10.2. The number of aromatic nitrogens is 4. The summed E-state index contributed by atoms with van der Waals surface area (Å²) in [6.45, 7) is 4.42. The van der Waals surface area contributed by atoms with Gasteiger partial charge in [-0.15, -0.1) is 0 Å².